The van der Waals surface area contributed by atoms with Crippen LogP contribution in [0.5, 0.6) is 0 Å². The molecule has 3 N–H and O–H groups in total. The standard InChI is InChI=1S/C16H19ClN2/c1-10-7-8-13(9-14(10)17)16(19-18)15-11(2)5-4-6-12(15)3/h4-9,16,19H,18H2,1-3H3. The molecule has 19 heavy (non-hydrogen) atoms. The molecule has 2 rings (SSSR count). The van der Waals surface area contributed by atoms with Crippen molar-refractivity contribution in [3.63, 3.8) is 0 Å². The molecule has 3 heteroatoms. The fourth-order valence-corrected chi connectivity index (χ4v) is 2.61. The van der Waals surface area contributed by atoms with Crippen molar-refractivity contribution in [3.8, 4) is 0 Å². The molecule has 0 amide bonds. The van der Waals surface area contributed by atoms with Gasteiger partial charge in [0, 0.05) is 5.02 Å². The van der Waals surface area contributed by atoms with E-state index in [1.54, 1.807) is 0 Å². The van der Waals surface area contributed by atoms with E-state index in [0.717, 1.165) is 16.1 Å². The van der Waals surface area contributed by atoms with Crippen LogP contribution in [0.1, 0.15) is 33.9 Å². The number of hydrogen-bond donors (Lipinski definition) is 2. The Morgan fingerprint density at radius 2 is 1.63 bits per heavy atom. The van der Waals surface area contributed by atoms with Crippen molar-refractivity contribution in [1.82, 2.24) is 5.43 Å². The Labute approximate surface area is 119 Å². The van der Waals surface area contributed by atoms with Crippen LogP contribution >= 0.6 is 11.6 Å². The van der Waals surface area contributed by atoms with E-state index in [-0.39, 0.29) is 6.04 Å². The van der Waals surface area contributed by atoms with Gasteiger partial charge in [0.2, 0.25) is 0 Å². The number of benzene rings is 2. The molecule has 0 aliphatic heterocycles. The summed E-state index contributed by atoms with van der Waals surface area (Å²) in [5, 5.41) is 0.768. The average molecular weight is 275 g/mol. The second kappa shape index (κ2) is 5.74. The van der Waals surface area contributed by atoms with E-state index in [1.165, 1.54) is 16.7 Å². The van der Waals surface area contributed by atoms with Crippen LogP contribution in [-0.2, 0) is 0 Å². The van der Waals surface area contributed by atoms with E-state index in [4.69, 9.17) is 17.4 Å². The van der Waals surface area contributed by atoms with Gasteiger partial charge in [0.25, 0.3) is 0 Å². The Morgan fingerprint density at radius 1 is 1.00 bits per heavy atom. The summed E-state index contributed by atoms with van der Waals surface area (Å²) in [6, 6.07) is 12.3. The first-order valence-corrected chi connectivity index (χ1v) is 6.70. The Balaban J connectivity index is 2.53. The lowest BCUT2D eigenvalue weighted by Crippen LogP contribution is -2.30. The van der Waals surface area contributed by atoms with Gasteiger partial charge in [-0.3, -0.25) is 5.84 Å². The van der Waals surface area contributed by atoms with E-state index < -0.39 is 0 Å². The van der Waals surface area contributed by atoms with E-state index in [1.807, 2.05) is 19.1 Å². The van der Waals surface area contributed by atoms with Gasteiger partial charge in [-0.25, -0.2) is 5.43 Å². The maximum Gasteiger partial charge on any atom is 0.0715 e. The first-order valence-electron chi connectivity index (χ1n) is 6.33. The lowest BCUT2D eigenvalue weighted by Gasteiger charge is -2.22. The third-order valence-electron chi connectivity index (χ3n) is 3.53. The van der Waals surface area contributed by atoms with Crippen molar-refractivity contribution in [1.29, 1.82) is 0 Å². The summed E-state index contributed by atoms with van der Waals surface area (Å²) in [5.74, 6) is 5.77. The first-order chi connectivity index (χ1) is 9.04. The molecule has 0 radical (unpaired) electrons. The minimum absolute atomic E-state index is 0.0423. The Hall–Kier alpha value is -1.35. The maximum absolute atomic E-state index is 6.21. The number of hydrogen-bond acceptors (Lipinski definition) is 2. The zero-order chi connectivity index (χ0) is 14.0. The number of hydrazine groups is 1. The molecular formula is C16H19ClN2. The number of nitrogens with one attached hydrogen (secondary N) is 1. The van der Waals surface area contributed by atoms with Crippen molar-refractivity contribution in [3.05, 3.63) is 69.2 Å². The summed E-state index contributed by atoms with van der Waals surface area (Å²) in [4.78, 5) is 0. The summed E-state index contributed by atoms with van der Waals surface area (Å²) in [5.41, 5.74) is 8.71. The summed E-state index contributed by atoms with van der Waals surface area (Å²) < 4.78 is 0. The maximum atomic E-state index is 6.21. The smallest absolute Gasteiger partial charge is 0.0715 e. The monoisotopic (exact) mass is 274 g/mol. The minimum Gasteiger partial charge on any atom is -0.271 e. The average Bonchev–Trinajstić information content (AvgIpc) is 2.37. The molecule has 0 aliphatic rings. The topological polar surface area (TPSA) is 38.0 Å². The Bertz CT molecular complexity index is 573. The van der Waals surface area contributed by atoms with Crippen LogP contribution in [0, 0.1) is 20.8 Å². The van der Waals surface area contributed by atoms with Crippen molar-refractivity contribution in [2.24, 2.45) is 5.84 Å². The molecule has 2 aromatic rings. The molecule has 1 unspecified atom stereocenters. The fraction of sp³-hybridized carbons (Fsp3) is 0.250. The number of aryl methyl sites for hydroxylation is 3. The third kappa shape index (κ3) is 2.81. The highest BCUT2D eigenvalue weighted by Gasteiger charge is 2.17. The van der Waals surface area contributed by atoms with Crippen molar-refractivity contribution in [2.45, 2.75) is 26.8 Å². The molecule has 0 heterocycles. The molecule has 1 atom stereocenters. The normalized spacial score (nSPS) is 12.5. The van der Waals surface area contributed by atoms with Crippen molar-refractivity contribution < 1.29 is 0 Å². The molecule has 2 aromatic carbocycles. The van der Waals surface area contributed by atoms with E-state index >= 15 is 0 Å². The largest absolute Gasteiger partial charge is 0.271 e. The van der Waals surface area contributed by atoms with Gasteiger partial charge in [-0.2, -0.15) is 0 Å². The molecule has 0 bridgehead atoms. The quantitative estimate of drug-likeness (QED) is 0.660. The molecule has 2 nitrogen and oxygen atoms in total. The number of halogens is 1. The third-order valence-corrected chi connectivity index (χ3v) is 3.93. The zero-order valence-corrected chi connectivity index (χ0v) is 12.3. The van der Waals surface area contributed by atoms with Gasteiger partial charge in [-0.05, 0) is 54.7 Å². The summed E-state index contributed by atoms with van der Waals surface area (Å²) in [6.07, 6.45) is 0. The van der Waals surface area contributed by atoms with Crippen LogP contribution in [0.2, 0.25) is 5.02 Å². The molecule has 0 aromatic heterocycles. The summed E-state index contributed by atoms with van der Waals surface area (Å²) in [7, 11) is 0. The highest BCUT2D eigenvalue weighted by Crippen LogP contribution is 2.29. The van der Waals surface area contributed by atoms with Gasteiger partial charge < -0.3 is 0 Å². The van der Waals surface area contributed by atoms with Crippen molar-refractivity contribution in [2.75, 3.05) is 0 Å². The molecule has 0 fully saturated rings. The highest BCUT2D eigenvalue weighted by atomic mass is 35.5. The Morgan fingerprint density at radius 3 is 2.16 bits per heavy atom. The van der Waals surface area contributed by atoms with E-state index in [0.29, 0.717) is 0 Å². The zero-order valence-electron chi connectivity index (χ0n) is 11.5. The number of nitrogens with two attached hydrogens (primary N) is 1. The van der Waals surface area contributed by atoms with Gasteiger partial charge in [0.15, 0.2) is 0 Å². The SMILES string of the molecule is Cc1ccc(C(NN)c2c(C)cccc2C)cc1Cl. The van der Waals surface area contributed by atoms with Gasteiger partial charge in [-0.1, -0.05) is 41.9 Å². The molecule has 0 aliphatic carbocycles. The van der Waals surface area contributed by atoms with Crippen LogP contribution in [0.15, 0.2) is 36.4 Å². The molecular weight excluding hydrogens is 256 g/mol. The van der Waals surface area contributed by atoms with Crippen LogP contribution in [0.3, 0.4) is 0 Å². The molecule has 0 saturated heterocycles. The molecule has 0 spiro atoms. The Kier molecular flexibility index (Phi) is 4.25. The van der Waals surface area contributed by atoms with Gasteiger partial charge in [-0.15, -0.1) is 0 Å². The van der Waals surface area contributed by atoms with Crippen LogP contribution in [-0.4, -0.2) is 0 Å². The van der Waals surface area contributed by atoms with Crippen LogP contribution < -0.4 is 11.3 Å². The first kappa shape index (κ1) is 14.1. The van der Waals surface area contributed by atoms with E-state index in [2.05, 4.69) is 43.5 Å². The molecule has 100 valence electrons. The minimum atomic E-state index is -0.0423. The number of rotatable bonds is 3. The lowest BCUT2D eigenvalue weighted by atomic mass is 9.91. The van der Waals surface area contributed by atoms with Crippen LogP contribution in [0.25, 0.3) is 0 Å². The summed E-state index contributed by atoms with van der Waals surface area (Å²) >= 11 is 6.21. The summed E-state index contributed by atoms with van der Waals surface area (Å²) in [6.45, 7) is 6.20. The van der Waals surface area contributed by atoms with Crippen molar-refractivity contribution >= 4 is 11.6 Å². The van der Waals surface area contributed by atoms with Gasteiger partial charge in [0.05, 0.1) is 6.04 Å². The van der Waals surface area contributed by atoms with E-state index in [9.17, 15) is 0 Å². The van der Waals surface area contributed by atoms with Gasteiger partial charge in [0.1, 0.15) is 0 Å². The highest BCUT2D eigenvalue weighted by molar-refractivity contribution is 6.31. The lowest BCUT2D eigenvalue weighted by molar-refractivity contribution is 0.630. The predicted molar refractivity (Wildman–Crippen MR) is 81.3 cm³/mol. The molecule has 0 saturated carbocycles. The second-order valence-electron chi connectivity index (χ2n) is 4.91. The predicted octanol–water partition coefficient (Wildman–Crippen LogP) is 3.82. The van der Waals surface area contributed by atoms with Gasteiger partial charge >= 0.3 is 0 Å². The second-order valence-corrected chi connectivity index (χ2v) is 5.32. The fourth-order valence-electron chi connectivity index (χ4n) is 2.42. The van der Waals surface area contributed by atoms with Crippen LogP contribution in [0.4, 0.5) is 0 Å².